The lowest BCUT2D eigenvalue weighted by atomic mass is 10.0. The Morgan fingerprint density at radius 1 is 1.43 bits per heavy atom. The van der Waals surface area contributed by atoms with Crippen LogP contribution in [0.2, 0.25) is 0 Å². The van der Waals surface area contributed by atoms with Crippen LogP contribution in [0, 0.1) is 0 Å². The summed E-state index contributed by atoms with van der Waals surface area (Å²) >= 11 is 0. The van der Waals surface area contributed by atoms with Crippen molar-refractivity contribution < 1.29 is 19.4 Å². The Balaban J connectivity index is 2.49. The molecule has 14 heavy (non-hydrogen) atoms. The number of carboxylic acids is 1. The van der Waals surface area contributed by atoms with E-state index in [0.29, 0.717) is 24.3 Å². The number of hydrogen-bond acceptors (Lipinski definition) is 3. The number of Topliss-reactive ketones (excluding diaryl/α,β-unsaturated/α-hetero) is 1. The van der Waals surface area contributed by atoms with E-state index in [9.17, 15) is 9.59 Å². The van der Waals surface area contributed by atoms with Gasteiger partial charge in [-0.1, -0.05) is 0 Å². The van der Waals surface area contributed by atoms with Crippen LogP contribution < -0.4 is 4.74 Å². The van der Waals surface area contributed by atoms with Gasteiger partial charge in [-0.25, -0.2) is 4.79 Å². The van der Waals surface area contributed by atoms with Crippen molar-refractivity contribution in [2.24, 2.45) is 0 Å². The van der Waals surface area contributed by atoms with Gasteiger partial charge < -0.3 is 9.84 Å². The molecule has 0 unspecified atom stereocenters. The Labute approximate surface area is 80.1 Å². The molecule has 1 aromatic rings. The molecule has 0 aromatic heterocycles. The van der Waals surface area contributed by atoms with Gasteiger partial charge in [0.15, 0.2) is 5.78 Å². The quantitative estimate of drug-likeness (QED) is 0.729. The Bertz CT molecular complexity index is 409. The minimum absolute atomic E-state index is 0.00295. The van der Waals surface area contributed by atoms with Gasteiger partial charge in [0.25, 0.3) is 0 Å². The maximum Gasteiger partial charge on any atom is 0.335 e. The number of ether oxygens (including phenoxy) is 1. The maximum atomic E-state index is 11.3. The standard InChI is InChI=1S/C10H8O4/c11-8-3-4-14-9-5-6(10(12)13)1-2-7(8)9/h1-2,5H,3-4H2,(H,12,13). The second-order valence-electron chi connectivity index (χ2n) is 3.04. The molecule has 72 valence electrons. The monoisotopic (exact) mass is 192 g/mol. The Hall–Kier alpha value is -1.84. The van der Waals surface area contributed by atoms with Crippen molar-refractivity contribution >= 4 is 11.8 Å². The summed E-state index contributed by atoms with van der Waals surface area (Å²) < 4.78 is 5.20. The number of rotatable bonds is 1. The first kappa shape index (κ1) is 8.74. The van der Waals surface area contributed by atoms with E-state index in [1.54, 1.807) is 0 Å². The fraction of sp³-hybridized carbons (Fsp3) is 0.200. The summed E-state index contributed by atoms with van der Waals surface area (Å²) in [7, 11) is 0. The number of ketones is 1. The zero-order valence-electron chi connectivity index (χ0n) is 7.32. The highest BCUT2D eigenvalue weighted by molar-refractivity contribution is 6.01. The van der Waals surface area contributed by atoms with Gasteiger partial charge >= 0.3 is 5.97 Å². The highest BCUT2D eigenvalue weighted by atomic mass is 16.5. The van der Waals surface area contributed by atoms with Gasteiger partial charge in [0, 0.05) is 6.42 Å². The summed E-state index contributed by atoms with van der Waals surface area (Å²) in [5, 5.41) is 8.71. The fourth-order valence-corrected chi connectivity index (χ4v) is 1.39. The molecule has 1 heterocycles. The van der Waals surface area contributed by atoms with Gasteiger partial charge in [0.2, 0.25) is 0 Å². The fourth-order valence-electron chi connectivity index (χ4n) is 1.39. The first-order valence-electron chi connectivity index (χ1n) is 4.22. The van der Waals surface area contributed by atoms with E-state index in [1.165, 1.54) is 18.2 Å². The van der Waals surface area contributed by atoms with Gasteiger partial charge in [-0.05, 0) is 18.2 Å². The zero-order chi connectivity index (χ0) is 10.1. The highest BCUT2D eigenvalue weighted by Gasteiger charge is 2.19. The first-order valence-corrected chi connectivity index (χ1v) is 4.22. The number of hydrogen-bond donors (Lipinski definition) is 1. The van der Waals surface area contributed by atoms with Gasteiger partial charge in [-0.3, -0.25) is 4.79 Å². The maximum absolute atomic E-state index is 11.3. The number of carbonyl (C=O) groups is 2. The van der Waals surface area contributed by atoms with Gasteiger partial charge in [-0.15, -0.1) is 0 Å². The first-order chi connectivity index (χ1) is 6.68. The van der Waals surface area contributed by atoms with Crippen LogP contribution in [0.3, 0.4) is 0 Å². The second kappa shape index (κ2) is 3.14. The van der Waals surface area contributed by atoms with E-state index in [-0.39, 0.29) is 11.3 Å². The molecule has 1 aliphatic heterocycles. The van der Waals surface area contributed by atoms with Crippen LogP contribution in [-0.4, -0.2) is 23.5 Å². The van der Waals surface area contributed by atoms with Crippen LogP contribution in [0.15, 0.2) is 18.2 Å². The van der Waals surface area contributed by atoms with Crippen LogP contribution >= 0.6 is 0 Å². The lowest BCUT2D eigenvalue weighted by Crippen LogP contribution is -2.15. The third kappa shape index (κ3) is 1.35. The molecule has 0 saturated heterocycles. The molecule has 4 heteroatoms. The lowest BCUT2D eigenvalue weighted by molar-refractivity contribution is 0.0695. The van der Waals surface area contributed by atoms with Crippen molar-refractivity contribution in [3.63, 3.8) is 0 Å². The minimum atomic E-state index is -1.02. The van der Waals surface area contributed by atoms with Crippen molar-refractivity contribution in [2.75, 3.05) is 6.61 Å². The molecule has 0 aliphatic carbocycles. The van der Waals surface area contributed by atoms with Crippen molar-refractivity contribution in [1.82, 2.24) is 0 Å². The number of carboxylic acid groups (broad SMARTS) is 1. The minimum Gasteiger partial charge on any atom is -0.492 e. The Morgan fingerprint density at radius 2 is 2.21 bits per heavy atom. The number of benzene rings is 1. The molecule has 0 amide bonds. The molecule has 0 saturated carbocycles. The molecule has 0 radical (unpaired) electrons. The molecule has 2 rings (SSSR count). The number of aromatic carboxylic acids is 1. The highest BCUT2D eigenvalue weighted by Crippen LogP contribution is 2.25. The molecule has 0 spiro atoms. The van der Waals surface area contributed by atoms with Gasteiger partial charge in [0.05, 0.1) is 17.7 Å². The van der Waals surface area contributed by atoms with Crippen LogP contribution in [0.25, 0.3) is 0 Å². The summed E-state index contributed by atoms with van der Waals surface area (Å²) in [6.45, 7) is 0.328. The molecular formula is C10H8O4. The summed E-state index contributed by atoms with van der Waals surface area (Å²) in [5.74, 6) is -0.640. The topological polar surface area (TPSA) is 63.6 Å². The largest absolute Gasteiger partial charge is 0.492 e. The van der Waals surface area contributed by atoms with Gasteiger partial charge in [-0.2, -0.15) is 0 Å². The third-order valence-corrected chi connectivity index (χ3v) is 2.12. The summed E-state index contributed by atoms with van der Waals surface area (Å²) in [4.78, 5) is 22.0. The number of fused-ring (bicyclic) bond motifs is 1. The molecule has 4 nitrogen and oxygen atoms in total. The van der Waals surface area contributed by atoms with Crippen molar-refractivity contribution in [1.29, 1.82) is 0 Å². The van der Waals surface area contributed by atoms with Crippen LogP contribution in [0.4, 0.5) is 0 Å². The van der Waals surface area contributed by atoms with Crippen LogP contribution in [0.5, 0.6) is 5.75 Å². The smallest absolute Gasteiger partial charge is 0.335 e. The van der Waals surface area contributed by atoms with E-state index in [4.69, 9.17) is 9.84 Å². The van der Waals surface area contributed by atoms with E-state index in [1.807, 2.05) is 0 Å². The van der Waals surface area contributed by atoms with E-state index in [0.717, 1.165) is 0 Å². The lowest BCUT2D eigenvalue weighted by Gasteiger charge is -2.15. The average molecular weight is 192 g/mol. The predicted octanol–water partition coefficient (Wildman–Crippen LogP) is 1.35. The SMILES string of the molecule is O=C(O)c1ccc2c(c1)OCCC2=O. The molecule has 0 atom stereocenters. The van der Waals surface area contributed by atoms with Crippen molar-refractivity contribution in [2.45, 2.75) is 6.42 Å². The molecule has 1 aliphatic rings. The van der Waals surface area contributed by atoms with E-state index < -0.39 is 5.97 Å². The predicted molar refractivity (Wildman–Crippen MR) is 47.8 cm³/mol. The number of carbonyl (C=O) groups excluding carboxylic acids is 1. The van der Waals surface area contributed by atoms with Gasteiger partial charge in [0.1, 0.15) is 5.75 Å². The van der Waals surface area contributed by atoms with Crippen molar-refractivity contribution in [3.05, 3.63) is 29.3 Å². The Morgan fingerprint density at radius 3 is 2.93 bits per heavy atom. The third-order valence-electron chi connectivity index (χ3n) is 2.12. The zero-order valence-corrected chi connectivity index (χ0v) is 7.32. The summed E-state index contributed by atoms with van der Waals surface area (Å²) in [6, 6.07) is 4.29. The molecule has 1 aromatic carbocycles. The molecule has 0 bridgehead atoms. The van der Waals surface area contributed by atoms with Crippen LogP contribution in [-0.2, 0) is 0 Å². The van der Waals surface area contributed by atoms with E-state index >= 15 is 0 Å². The summed E-state index contributed by atoms with van der Waals surface area (Å²) in [6.07, 6.45) is 0.361. The summed E-state index contributed by atoms with van der Waals surface area (Å²) in [5.41, 5.74) is 0.611. The molecular weight excluding hydrogens is 184 g/mol. The average Bonchev–Trinajstić information content (AvgIpc) is 2.17. The second-order valence-corrected chi connectivity index (χ2v) is 3.04. The van der Waals surface area contributed by atoms with Crippen LogP contribution in [0.1, 0.15) is 27.1 Å². The van der Waals surface area contributed by atoms with Crippen molar-refractivity contribution in [3.8, 4) is 5.75 Å². The molecule has 0 fully saturated rings. The normalized spacial score (nSPS) is 14.4. The molecule has 1 N–H and O–H groups in total. The van der Waals surface area contributed by atoms with E-state index in [2.05, 4.69) is 0 Å². The Kier molecular flexibility index (Phi) is 1.96.